The van der Waals surface area contributed by atoms with Crippen molar-refractivity contribution in [1.29, 1.82) is 0 Å². The molecule has 0 bridgehead atoms. The SMILES string of the molecule is C/C=C\c1c(C)c(N(C2=CCC[C@H](C(C)C)C=C2)c2ccccc2)cc2c1cc(N(C1=C=C(C)C(C(C)C)C=C1)c1ccccc1)c1ccccc12. The zero-order chi connectivity index (χ0) is 36.4. The molecule has 0 aromatic heterocycles. The van der Waals surface area contributed by atoms with Crippen LogP contribution in [0.3, 0.4) is 0 Å². The minimum Gasteiger partial charge on any atom is -0.311 e. The van der Waals surface area contributed by atoms with Gasteiger partial charge in [0.05, 0.1) is 17.1 Å². The number of fused-ring (bicyclic) bond motifs is 3. The third kappa shape index (κ3) is 6.72. The number of rotatable bonds is 9. The van der Waals surface area contributed by atoms with Gasteiger partial charge in [-0.15, -0.1) is 0 Å². The van der Waals surface area contributed by atoms with Gasteiger partial charge in [-0.1, -0.05) is 124 Å². The second-order valence-electron chi connectivity index (χ2n) is 15.1. The van der Waals surface area contributed by atoms with Crippen molar-refractivity contribution in [2.75, 3.05) is 9.80 Å². The van der Waals surface area contributed by atoms with Crippen LogP contribution in [0.5, 0.6) is 0 Å². The first kappa shape index (κ1) is 35.1. The van der Waals surface area contributed by atoms with Crippen LogP contribution in [0.1, 0.15) is 65.5 Å². The van der Waals surface area contributed by atoms with Crippen molar-refractivity contribution in [3.63, 3.8) is 0 Å². The molecule has 2 aliphatic carbocycles. The van der Waals surface area contributed by atoms with Gasteiger partial charge in [-0.3, -0.25) is 0 Å². The second kappa shape index (κ2) is 15.1. The van der Waals surface area contributed by atoms with Gasteiger partial charge in [0.25, 0.3) is 0 Å². The van der Waals surface area contributed by atoms with E-state index in [9.17, 15) is 0 Å². The summed E-state index contributed by atoms with van der Waals surface area (Å²) < 4.78 is 0. The lowest BCUT2D eigenvalue weighted by molar-refractivity contribution is 0.441. The van der Waals surface area contributed by atoms with Gasteiger partial charge in [-0.05, 0) is 133 Å². The third-order valence-electron chi connectivity index (χ3n) is 11.0. The number of anilines is 4. The van der Waals surface area contributed by atoms with Gasteiger partial charge < -0.3 is 9.80 Å². The topological polar surface area (TPSA) is 6.48 Å². The number of benzene rings is 5. The molecule has 0 aliphatic heterocycles. The van der Waals surface area contributed by atoms with Gasteiger partial charge in [-0.25, -0.2) is 0 Å². The number of hydrogen-bond donors (Lipinski definition) is 0. The number of para-hydroxylation sites is 2. The standard InChI is InChI=1S/C50H52N2/c1-8-18-44-37(7)49(51(39-20-11-9-12-21-39)41-24-17-19-38(27-28-41)34(2)3)32-48-45-25-15-16-26-46(45)50(33-47(44)48)52(40-22-13-10-14-23-40)42-29-30-43(35(4)5)36(6)31-42/h8-16,18,20-30,32-35,38,43H,17,19H2,1-7H3/b18-8-/t38-,43?/m0/s1. The molecule has 2 aliphatic rings. The van der Waals surface area contributed by atoms with Crippen molar-refractivity contribution in [2.24, 2.45) is 23.7 Å². The lowest BCUT2D eigenvalue weighted by Crippen LogP contribution is -2.19. The Morgan fingerprint density at radius 2 is 1.31 bits per heavy atom. The van der Waals surface area contributed by atoms with Crippen LogP contribution in [0.25, 0.3) is 27.6 Å². The van der Waals surface area contributed by atoms with Gasteiger partial charge in [0, 0.05) is 28.4 Å². The van der Waals surface area contributed by atoms with Crippen LogP contribution < -0.4 is 9.80 Å². The minimum absolute atomic E-state index is 0.388. The van der Waals surface area contributed by atoms with Crippen molar-refractivity contribution >= 4 is 50.4 Å². The molecule has 0 heterocycles. The summed E-state index contributed by atoms with van der Waals surface area (Å²) in [4.78, 5) is 4.89. The summed E-state index contributed by atoms with van der Waals surface area (Å²) in [5.41, 5.74) is 14.6. The Balaban J connectivity index is 1.52. The molecule has 1 unspecified atom stereocenters. The molecular weight excluding hydrogens is 629 g/mol. The molecule has 2 heteroatoms. The summed E-state index contributed by atoms with van der Waals surface area (Å²) in [5, 5.41) is 4.95. The maximum absolute atomic E-state index is 3.84. The quantitative estimate of drug-likeness (QED) is 0.113. The second-order valence-corrected chi connectivity index (χ2v) is 15.1. The number of hydrogen-bond acceptors (Lipinski definition) is 2. The van der Waals surface area contributed by atoms with E-state index in [0.29, 0.717) is 23.7 Å². The van der Waals surface area contributed by atoms with E-state index in [1.807, 2.05) is 0 Å². The highest BCUT2D eigenvalue weighted by atomic mass is 15.2. The van der Waals surface area contributed by atoms with Crippen molar-refractivity contribution in [1.82, 2.24) is 0 Å². The molecule has 262 valence electrons. The van der Waals surface area contributed by atoms with E-state index in [0.717, 1.165) is 23.5 Å². The van der Waals surface area contributed by atoms with Crippen molar-refractivity contribution in [3.8, 4) is 0 Å². The Morgan fingerprint density at radius 3 is 1.94 bits per heavy atom. The van der Waals surface area contributed by atoms with E-state index < -0.39 is 0 Å². The molecule has 0 fully saturated rings. The molecule has 2 atom stereocenters. The van der Waals surface area contributed by atoms with Crippen LogP contribution in [0.15, 0.2) is 156 Å². The zero-order valence-corrected chi connectivity index (χ0v) is 31.9. The molecule has 52 heavy (non-hydrogen) atoms. The van der Waals surface area contributed by atoms with E-state index in [4.69, 9.17) is 0 Å². The molecule has 2 nitrogen and oxygen atoms in total. The van der Waals surface area contributed by atoms with Crippen molar-refractivity contribution < 1.29 is 0 Å². The number of nitrogens with zero attached hydrogens (tertiary/aromatic N) is 2. The summed E-state index contributed by atoms with van der Waals surface area (Å²) in [7, 11) is 0. The predicted octanol–water partition coefficient (Wildman–Crippen LogP) is 14.4. The zero-order valence-electron chi connectivity index (χ0n) is 31.9. The smallest absolute Gasteiger partial charge is 0.0887 e. The summed E-state index contributed by atoms with van der Waals surface area (Å²) in [6.07, 6.45) is 18.6. The predicted molar refractivity (Wildman–Crippen MR) is 227 cm³/mol. The minimum atomic E-state index is 0.388. The fourth-order valence-corrected chi connectivity index (χ4v) is 8.18. The average molecular weight is 681 g/mol. The fraction of sp³-hybridized carbons (Fsp3) is 0.260. The lowest BCUT2D eigenvalue weighted by atomic mass is 9.86. The monoisotopic (exact) mass is 680 g/mol. The highest BCUT2D eigenvalue weighted by Crippen LogP contribution is 2.46. The molecule has 0 N–H and O–H groups in total. The van der Waals surface area contributed by atoms with Gasteiger partial charge in [0.2, 0.25) is 0 Å². The first-order valence-corrected chi connectivity index (χ1v) is 19.1. The van der Waals surface area contributed by atoms with E-state index in [1.54, 1.807) is 0 Å². The number of allylic oxidation sites excluding steroid dienone is 6. The molecule has 0 amide bonds. The van der Waals surface area contributed by atoms with E-state index >= 15 is 0 Å². The van der Waals surface area contributed by atoms with E-state index in [-0.39, 0.29) is 0 Å². The van der Waals surface area contributed by atoms with E-state index in [2.05, 4.69) is 204 Å². The van der Waals surface area contributed by atoms with Crippen LogP contribution >= 0.6 is 0 Å². The Labute approximate surface area is 311 Å². The third-order valence-corrected chi connectivity index (χ3v) is 11.0. The Morgan fingerprint density at radius 1 is 0.673 bits per heavy atom. The van der Waals surface area contributed by atoms with Gasteiger partial charge in [0.15, 0.2) is 0 Å². The highest BCUT2D eigenvalue weighted by Gasteiger charge is 2.25. The molecule has 0 spiro atoms. The molecule has 5 aromatic carbocycles. The summed E-state index contributed by atoms with van der Waals surface area (Å²) in [6.45, 7) is 15.9. The van der Waals surface area contributed by atoms with Crippen LogP contribution in [-0.4, -0.2) is 0 Å². The summed E-state index contributed by atoms with van der Waals surface area (Å²) in [5.74, 6) is 2.10. The van der Waals surface area contributed by atoms with Crippen molar-refractivity contribution in [3.05, 3.63) is 167 Å². The molecule has 0 saturated heterocycles. The maximum Gasteiger partial charge on any atom is 0.0887 e. The molecule has 5 aromatic rings. The highest BCUT2D eigenvalue weighted by molar-refractivity contribution is 6.17. The Kier molecular flexibility index (Phi) is 10.2. The molecular formula is C50H52N2. The van der Waals surface area contributed by atoms with Crippen molar-refractivity contribution in [2.45, 2.75) is 61.3 Å². The normalized spacial score (nSPS) is 17.5. The van der Waals surface area contributed by atoms with Crippen LogP contribution in [0, 0.1) is 30.6 Å². The lowest BCUT2D eigenvalue weighted by Gasteiger charge is -2.31. The Hall–Kier alpha value is -5.30. The van der Waals surface area contributed by atoms with Crippen LogP contribution in [-0.2, 0) is 0 Å². The fourth-order valence-electron chi connectivity index (χ4n) is 8.18. The first-order valence-electron chi connectivity index (χ1n) is 19.1. The average Bonchev–Trinajstić information content (AvgIpc) is 3.41. The van der Waals surface area contributed by atoms with Crippen LogP contribution in [0.4, 0.5) is 22.7 Å². The Bertz CT molecular complexity index is 2270. The molecule has 0 radical (unpaired) electrons. The summed E-state index contributed by atoms with van der Waals surface area (Å²) in [6, 6.07) is 35.5. The van der Waals surface area contributed by atoms with Gasteiger partial charge in [-0.2, -0.15) is 0 Å². The molecule has 7 rings (SSSR count). The van der Waals surface area contributed by atoms with Gasteiger partial charge in [0.1, 0.15) is 0 Å². The maximum atomic E-state index is 3.84. The van der Waals surface area contributed by atoms with Crippen LogP contribution in [0.2, 0.25) is 0 Å². The summed E-state index contributed by atoms with van der Waals surface area (Å²) >= 11 is 0. The first-order chi connectivity index (χ1) is 25.3. The van der Waals surface area contributed by atoms with E-state index in [1.165, 1.54) is 61.7 Å². The molecule has 0 saturated carbocycles. The van der Waals surface area contributed by atoms with Gasteiger partial charge >= 0.3 is 0 Å². The largest absolute Gasteiger partial charge is 0.311 e.